The summed E-state index contributed by atoms with van der Waals surface area (Å²) in [6.07, 6.45) is 3.45. The molecule has 108 valence electrons. The summed E-state index contributed by atoms with van der Waals surface area (Å²) in [4.78, 5) is 4.20. The molecule has 5 heteroatoms. The van der Waals surface area contributed by atoms with Crippen molar-refractivity contribution in [2.75, 3.05) is 6.61 Å². The molecule has 0 saturated carbocycles. The SMILES string of the molecule is CC1(C)COB(c2cncc(OCc3ccccc3)c2)O1. The third-order valence-electron chi connectivity index (χ3n) is 3.26. The summed E-state index contributed by atoms with van der Waals surface area (Å²) in [6.45, 7) is 5.11. The molecule has 2 aromatic rings. The average Bonchev–Trinajstić information content (AvgIpc) is 2.87. The molecule has 0 radical (unpaired) electrons. The van der Waals surface area contributed by atoms with E-state index in [9.17, 15) is 0 Å². The van der Waals surface area contributed by atoms with Crippen LogP contribution >= 0.6 is 0 Å². The van der Waals surface area contributed by atoms with Crippen molar-refractivity contribution < 1.29 is 14.0 Å². The van der Waals surface area contributed by atoms with Gasteiger partial charge in [0.05, 0.1) is 18.4 Å². The van der Waals surface area contributed by atoms with E-state index < -0.39 is 0 Å². The van der Waals surface area contributed by atoms with Crippen LogP contribution in [0.4, 0.5) is 0 Å². The number of benzene rings is 1. The summed E-state index contributed by atoms with van der Waals surface area (Å²) in [5, 5.41) is 0. The molecule has 0 atom stereocenters. The van der Waals surface area contributed by atoms with Crippen LogP contribution in [0.25, 0.3) is 0 Å². The molecule has 1 aliphatic rings. The molecule has 0 unspecified atom stereocenters. The summed E-state index contributed by atoms with van der Waals surface area (Å²) >= 11 is 0. The van der Waals surface area contributed by atoms with Gasteiger partial charge in [-0.2, -0.15) is 0 Å². The Morgan fingerprint density at radius 2 is 2.05 bits per heavy atom. The van der Waals surface area contributed by atoms with Crippen LogP contribution in [0.2, 0.25) is 0 Å². The molecule has 21 heavy (non-hydrogen) atoms. The van der Waals surface area contributed by atoms with E-state index in [4.69, 9.17) is 14.0 Å². The molecule has 1 aromatic carbocycles. The van der Waals surface area contributed by atoms with E-state index in [1.54, 1.807) is 12.4 Å². The molecule has 2 heterocycles. The van der Waals surface area contributed by atoms with Crippen LogP contribution in [0.1, 0.15) is 19.4 Å². The minimum atomic E-state index is -0.368. The normalized spacial score (nSPS) is 17.0. The van der Waals surface area contributed by atoms with Crippen molar-refractivity contribution in [1.29, 1.82) is 0 Å². The molecular weight excluding hydrogens is 265 g/mol. The summed E-state index contributed by atoms with van der Waals surface area (Å²) in [5.74, 6) is 0.716. The van der Waals surface area contributed by atoms with Crippen LogP contribution in [-0.2, 0) is 15.9 Å². The fourth-order valence-electron chi connectivity index (χ4n) is 2.18. The molecule has 0 spiro atoms. The lowest BCUT2D eigenvalue weighted by atomic mass is 9.80. The topological polar surface area (TPSA) is 40.6 Å². The zero-order valence-corrected chi connectivity index (χ0v) is 12.3. The zero-order valence-electron chi connectivity index (χ0n) is 12.3. The monoisotopic (exact) mass is 283 g/mol. The lowest BCUT2D eigenvalue weighted by Crippen LogP contribution is -2.34. The molecule has 3 rings (SSSR count). The molecular formula is C16H18BNO3. The number of ether oxygens (including phenoxy) is 1. The number of nitrogens with zero attached hydrogens (tertiary/aromatic N) is 1. The van der Waals surface area contributed by atoms with Gasteiger partial charge in [-0.25, -0.2) is 0 Å². The van der Waals surface area contributed by atoms with Gasteiger partial charge in [-0.3, -0.25) is 4.98 Å². The second kappa shape index (κ2) is 5.88. The van der Waals surface area contributed by atoms with Gasteiger partial charge in [0, 0.05) is 11.7 Å². The lowest BCUT2D eigenvalue weighted by molar-refractivity contribution is 0.137. The molecule has 0 aliphatic carbocycles. The third-order valence-corrected chi connectivity index (χ3v) is 3.26. The van der Waals surface area contributed by atoms with Crippen molar-refractivity contribution in [3.8, 4) is 5.75 Å². The molecule has 4 nitrogen and oxygen atoms in total. The van der Waals surface area contributed by atoms with Crippen molar-refractivity contribution in [2.24, 2.45) is 0 Å². The van der Waals surface area contributed by atoms with Gasteiger partial charge in [0.2, 0.25) is 0 Å². The maximum Gasteiger partial charge on any atom is 0.496 e. The summed E-state index contributed by atoms with van der Waals surface area (Å²) in [5.41, 5.74) is 1.74. The smallest absolute Gasteiger partial charge is 0.487 e. The molecule has 1 saturated heterocycles. The van der Waals surface area contributed by atoms with Crippen molar-refractivity contribution in [2.45, 2.75) is 26.1 Å². The largest absolute Gasteiger partial charge is 0.496 e. The quantitative estimate of drug-likeness (QED) is 0.806. The highest BCUT2D eigenvalue weighted by Gasteiger charge is 2.38. The second-order valence-electron chi connectivity index (χ2n) is 5.75. The van der Waals surface area contributed by atoms with Crippen LogP contribution in [0.15, 0.2) is 48.8 Å². The van der Waals surface area contributed by atoms with Gasteiger partial charge in [0.15, 0.2) is 0 Å². The van der Waals surface area contributed by atoms with Crippen LogP contribution in [0, 0.1) is 0 Å². The van der Waals surface area contributed by atoms with E-state index in [0.29, 0.717) is 19.0 Å². The van der Waals surface area contributed by atoms with Gasteiger partial charge in [0.25, 0.3) is 0 Å². The predicted molar refractivity (Wildman–Crippen MR) is 81.5 cm³/mol. The van der Waals surface area contributed by atoms with E-state index >= 15 is 0 Å². The van der Waals surface area contributed by atoms with E-state index in [1.165, 1.54) is 0 Å². The number of aromatic nitrogens is 1. The van der Waals surface area contributed by atoms with Gasteiger partial charge in [-0.1, -0.05) is 30.3 Å². The van der Waals surface area contributed by atoms with Gasteiger partial charge in [-0.15, -0.1) is 0 Å². The molecule has 1 aliphatic heterocycles. The Kier molecular flexibility index (Phi) is 3.95. The van der Waals surface area contributed by atoms with Crippen molar-refractivity contribution >= 4 is 12.6 Å². The molecule has 0 amide bonds. The number of rotatable bonds is 4. The highest BCUT2D eigenvalue weighted by atomic mass is 16.7. The first-order valence-corrected chi connectivity index (χ1v) is 7.03. The standard InChI is InChI=1S/C16H18BNO3/c1-16(2)12-20-17(21-16)14-8-15(10-18-9-14)19-11-13-6-4-3-5-7-13/h3-10H,11-12H2,1-2H3. The highest BCUT2D eigenvalue weighted by molar-refractivity contribution is 6.61. The maximum absolute atomic E-state index is 5.83. The van der Waals surface area contributed by atoms with Crippen molar-refractivity contribution in [1.82, 2.24) is 4.98 Å². The van der Waals surface area contributed by atoms with E-state index in [2.05, 4.69) is 4.98 Å². The summed E-state index contributed by atoms with van der Waals surface area (Å²) < 4.78 is 17.3. The van der Waals surface area contributed by atoms with E-state index in [-0.39, 0.29) is 12.7 Å². The maximum atomic E-state index is 5.83. The Bertz CT molecular complexity index is 603. The summed E-state index contributed by atoms with van der Waals surface area (Å²) in [7, 11) is -0.368. The Morgan fingerprint density at radius 3 is 2.76 bits per heavy atom. The molecule has 1 aromatic heterocycles. The number of pyridine rings is 1. The first-order chi connectivity index (χ1) is 10.1. The third kappa shape index (κ3) is 3.62. The second-order valence-corrected chi connectivity index (χ2v) is 5.75. The zero-order chi connectivity index (χ0) is 14.7. The van der Waals surface area contributed by atoms with Crippen molar-refractivity contribution in [3.05, 3.63) is 54.4 Å². The van der Waals surface area contributed by atoms with Gasteiger partial charge < -0.3 is 14.0 Å². The van der Waals surface area contributed by atoms with Crippen LogP contribution in [-0.4, -0.2) is 24.3 Å². The first kappa shape index (κ1) is 14.1. The predicted octanol–water partition coefficient (Wildman–Crippen LogP) is 2.18. The molecule has 0 N–H and O–H groups in total. The minimum absolute atomic E-state index is 0.258. The fraction of sp³-hybridized carbons (Fsp3) is 0.312. The average molecular weight is 283 g/mol. The van der Waals surface area contributed by atoms with Gasteiger partial charge in [-0.05, 0) is 25.5 Å². The van der Waals surface area contributed by atoms with Crippen molar-refractivity contribution in [3.63, 3.8) is 0 Å². The number of hydrogen-bond donors (Lipinski definition) is 0. The number of hydrogen-bond acceptors (Lipinski definition) is 4. The molecule has 0 bridgehead atoms. The fourth-order valence-corrected chi connectivity index (χ4v) is 2.18. The first-order valence-electron chi connectivity index (χ1n) is 7.03. The van der Waals surface area contributed by atoms with Crippen LogP contribution in [0.5, 0.6) is 5.75 Å². The van der Waals surface area contributed by atoms with E-state index in [0.717, 1.165) is 11.0 Å². The van der Waals surface area contributed by atoms with Gasteiger partial charge in [0.1, 0.15) is 12.4 Å². The lowest BCUT2D eigenvalue weighted by Gasteiger charge is -2.15. The van der Waals surface area contributed by atoms with Crippen LogP contribution in [0.3, 0.4) is 0 Å². The Morgan fingerprint density at radius 1 is 1.24 bits per heavy atom. The van der Waals surface area contributed by atoms with Gasteiger partial charge >= 0.3 is 7.12 Å². The highest BCUT2D eigenvalue weighted by Crippen LogP contribution is 2.20. The Labute approximate surface area is 125 Å². The Balaban J connectivity index is 1.66. The Hall–Kier alpha value is -1.85. The summed E-state index contributed by atoms with van der Waals surface area (Å²) in [6, 6.07) is 12.0. The molecule has 1 fully saturated rings. The minimum Gasteiger partial charge on any atom is -0.487 e. The van der Waals surface area contributed by atoms with E-state index in [1.807, 2.05) is 50.2 Å². The van der Waals surface area contributed by atoms with Crippen LogP contribution < -0.4 is 10.2 Å².